The normalized spacial score (nSPS) is 10.7. The zero-order valence-electron chi connectivity index (χ0n) is 74.5. The third-order valence-electron chi connectivity index (χ3n) is 22.2. The zero-order valence-corrected chi connectivity index (χ0v) is 74.5. The first-order valence-corrected chi connectivity index (χ1v) is 44.4. The van der Waals surface area contributed by atoms with Crippen LogP contribution in [0.1, 0.15) is 134 Å². The average molecular weight is 1690 g/mol. The fourth-order valence-electron chi connectivity index (χ4n) is 14.7. The van der Waals surface area contributed by atoms with Crippen LogP contribution < -0.4 is 23.7 Å². The van der Waals surface area contributed by atoms with Crippen LogP contribution >= 0.6 is 0 Å². The third-order valence-corrected chi connectivity index (χ3v) is 22.2. The highest BCUT2D eigenvalue weighted by Gasteiger charge is 2.15. The van der Waals surface area contributed by atoms with Crippen LogP contribution in [0.5, 0.6) is 28.7 Å². The van der Waals surface area contributed by atoms with Gasteiger partial charge in [-0.25, -0.2) is 22.0 Å². The Morgan fingerprint density at radius 1 is 0.214 bits per heavy atom. The first kappa shape index (κ1) is 93.6. The van der Waals surface area contributed by atoms with Gasteiger partial charge in [0.2, 0.25) is 0 Å². The van der Waals surface area contributed by atoms with Crippen LogP contribution in [-0.4, -0.2) is 34.0 Å². The first-order valence-electron chi connectivity index (χ1n) is 44.4. The Labute approximate surface area is 744 Å². The van der Waals surface area contributed by atoms with E-state index >= 15 is 0 Å². The van der Waals surface area contributed by atoms with Gasteiger partial charge in [-0.05, 0) is 250 Å². The SMILES string of the molecule is CCCCCCc1ccc(-c2ccc(-c3ccc(OC)cc3)cc2F)cc1.CCCCOc1ccc(-c2ccc(-c3ccc(CC)cc3)cc2)cc1F.CCCCc1ccc(-c2ccc(-c3ccc(OCC)cc3)c(F)c2)cc1.CCCc1ccc(-c2ccc(-c3ccc(OCC)cc3F)cc2)cc1.COc1ccc(-c2ccc(-c3ccc(C)cc3)cc2)c(F)c1. The van der Waals surface area contributed by atoms with E-state index in [0.717, 1.165) is 134 Å². The van der Waals surface area contributed by atoms with E-state index in [1.807, 2.05) is 172 Å². The predicted octanol–water partition coefficient (Wildman–Crippen LogP) is 33.1. The Kier molecular flexibility index (Phi) is 36.3. The molecule has 0 saturated heterocycles. The van der Waals surface area contributed by atoms with Gasteiger partial charge in [0.1, 0.15) is 46.3 Å². The molecule has 15 aromatic carbocycles. The second-order valence-electron chi connectivity index (χ2n) is 31.2. The van der Waals surface area contributed by atoms with E-state index in [-0.39, 0.29) is 29.1 Å². The van der Waals surface area contributed by atoms with Gasteiger partial charge in [-0.15, -0.1) is 0 Å². The molecule has 0 fully saturated rings. The Bertz CT molecular complexity index is 5800. The number of ether oxygens (including phenoxy) is 5. The topological polar surface area (TPSA) is 46.2 Å². The molecule has 0 aliphatic carbocycles. The second-order valence-corrected chi connectivity index (χ2v) is 31.2. The van der Waals surface area contributed by atoms with Gasteiger partial charge in [-0.3, -0.25) is 0 Å². The maximum absolute atomic E-state index is 14.7. The van der Waals surface area contributed by atoms with Crippen LogP contribution in [0.25, 0.3) is 111 Å². The summed E-state index contributed by atoms with van der Waals surface area (Å²) in [7, 11) is 3.17. The van der Waals surface area contributed by atoms with Crippen molar-refractivity contribution >= 4 is 0 Å². The van der Waals surface area contributed by atoms with Crippen molar-refractivity contribution in [3.63, 3.8) is 0 Å². The maximum atomic E-state index is 14.7. The smallest absolute Gasteiger partial charge is 0.165 e. The highest BCUT2D eigenvalue weighted by atomic mass is 19.1. The number of aryl methyl sites for hydroxylation is 5. The predicted molar refractivity (Wildman–Crippen MR) is 517 cm³/mol. The summed E-state index contributed by atoms with van der Waals surface area (Å²) in [5.74, 6) is 1.77. The molecule has 0 N–H and O–H groups in total. The number of hydrogen-bond donors (Lipinski definition) is 0. The van der Waals surface area contributed by atoms with Crippen molar-refractivity contribution in [3.8, 4) is 140 Å². The fourth-order valence-corrected chi connectivity index (χ4v) is 14.7. The van der Waals surface area contributed by atoms with Crippen molar-refractivity contribution in [2.75, 3.05) is 34.0 Å². The highest BCUT2D eigenvalue weighted by molar-refractivity contribution is 5.77. The van der Waals surface area contributed by atoms with Gasteiger partial charge in [0.15, 0.2) is 11.6 Å². The largest absolute Gasteiger partial charge is 0.497 e. The highest BCUT2D eigenvalue weighted by Crippen LogP contribution is 2.37. The molecular weight excluding hydrogens is 1570 g/mol. The lowest BCUT2D eigenvalue weighted by Crippen LogP contribution is -1.98. The molecule has 0 heterocycles. The number of benzene rings is 15. The number of hydrogen-bond acceptors (Lipinski definition) is 5. The van der Waals surface area contributed by atoms with Crippen molar-refractivity contribution in [2.45, 2.75) is 139 Å². The van der Waals surface area contributed by atoms with E-state index in [1.54, 1.807) is 49.6 Å². The summed E-state index contributed by atoms with van der Waals surface area (Å²) in [4.78, 5) is 0. The summed E-state index contributed by atoms with van der Waals surface area (Å²) in [6.07, 6.45) is 14.9. The van der Waals surface area contributed by atoms with E-state index in [4.69, 9.17) is 23.7 Å². The van der Waals surface area contributed by atoms with Crippen LogP contribution in [0.3, 0.4) is 0 Å². The molecule has 126 heavy (non-hydrogen) atoms. The fraction of sp³-hybridized carbons (Fsp3) is 0.224. The van der Waals surface area contributed by atoms with Crippen LogP contribution in [0.2, 0.25) is 0 Å². The lowest BCUT2D eigenvalue weighted by molar-refractivity contribution is 0.294. The van der Waals surface area contributed by atoms with Gasteiger partial charge < -0.3 is 23.7 Å². The quantitative estimate of drug-likeness (QED) is 0.0320. The molecule has 0 bridgehead atoms. The number of unbranched alkanes of at least 4 members (excludes halogenated alkanes) is 5. The van der Waals surface area contributed by atoms with Crippen LogP contribution in [0.15, 0.2) is 334 Å². The van der Waals surface area contributed by atoms with Gasteiger partial charge in [-0.2, -0.15) is 0 Å². The summed E-state index contributed by atoms with van der Waals surface area (Å²) in [6, 6.07) is 108. The standard InChI is InChI=1S/C25H27FO.2C24H25FO.C23H23FO.C20H17FO/c1-3-4-5-6-7-19-8-10-21(11-9-19)24-17-14-22(18-25(24)26)20-12-15-23(27-2)16-13-20;1-3-5-16-26-24-15-14-22(17-23(24)25)21-12-10-20(11-13-21)19-8-6-18(4-2)7-9-19;1-3-5-6-18-7-9-19(10-8-18)21-13-16-23(24(25)17-21)20-11-14-22(15-12-20)26-4-2;1-3-5-17-6-8-18(9-7-17)19-10-12-20(13-11-19)22-15-14-21(25-4-2)16-23(22)24;1-14-3-5-15(6-4-14)16-7-9-17(10-8-16)19-12-11-18(22-2)13-20(19)21/h8-18H,3-7H2,1-2H3;6-15,17H,3-5,16H2,1-2H3;7-17H,3-6H2,1-2H3;6-16H,3-5H2,1-2H3;3-13H,1-2H3. The monoisotopic (exact) mass is 1680 g/mol. The number of rotatable bonds is 31. The average Bonchev–Trinajstić information content (AvgIpc) is 0.830. The van der Waals surface area contributed by atoms with Crippen molar-refractivity contribution in [1.29, 1.82) is 0 Å². The number of methoxy groups -OCH3 is 2. The van der Waals surface area contributed by atoms with Gasteiger partial charge in [0.05, 0.1) is 34.0 Å². The Hall–Kier alpha value is -13.1. The van der Waals surface area contributed by atoms with E-state index in [1.165, 1.54) is 96.7 Å². The van der Waals surface area contributed by atoms with E-state index in [2.05, 4.69) is 163 Å². The Morgan fingerprint density at radius 3 is 0.897 bits per heavy atom. The minimum Gasteiger partial charge on any atom is -0.497 e. The van der Waals surface area contributed by atoms with Crippen molar-refractivity contribution < 1.29 is 45.6 Å². The third kappa shape index (κ3) is 27.2. The van der Waals surface area contributed by atoms with Gasteiger partial charge in [0.25, 0.3) is 0 Å². The number of halogens is 5. The summed E-state index contributed by atoms with van der Waals surface area (Å²) in [5.41, 5.74) is 25.1. The molecule has 0 saturated carbocycles. The molecule has 0 aromatic heterocycles. The molecule has 5 nitrogen and oxygen atoms in total. The summed E-state index contributed by atoms with van der Waals surface area (Å²) < 4.78 is 98.6. The molecule has 0 radical (unpaired) electrons. The maximum Gasteiger partial charge on any atom is 0.165 e. The lowest BCUT2D eigenvalue weighted by atomic mass is 9.98. The molecule has 0 aliphatic rings. The summed E-state index contributed by atoms with van der Waals surface area (Å²) in [5, 5.41) is 0. The second kappa shape index (κ2) is 48.9. The first-order chi connectivity index (χ1) is 61.5. The minimum absolute atomic E-state index is 0.195. The van der Waals surface area contributed by atoms with E-state index in [9.17, 15) is 22.0 Å². The molecular formula is C116H117F5O5. The molecule has 0 atom stereocenters. The van der Waals surface area contributed by atoms with Crippen LogP contribution in [-0.2, 0) is 25.7 Å². The Balaban J connectivity index is 0.000000153. The van der Waals surface area contributed by atoms with E-state index < -0.39 is 0 Å². The zero-order chi connectivity index (χ0) is 88.9. The molecule has 0 spiro atoms. The molecule has 15 aromatic rings. The molecule has 0 amide bonds. The van der Waals surface area contributed by atoms with E-state index in [0.29, 0.717) is 59.3 Å². The van der Waals surface area contributed by atoms with Crippen molar-refractivity contribution in [3.05, 3.63) is 391 Å². The Morgan fingerprint density at radius 2 is 0.508 bits per heavy atom. The molecule has 10 heteroatoms. The molecule has 0 aliphatic heterocycles. The van der Waals surface area contributed by atoms with Crippen LogP contribution in [0, 0.1) is 36.0 Å². The van der Waals surface area contributed by atoms with Crippen molar-refractivity contribution in [1.82, 2.24) is 0 Å². The molecule has 15 rings (SSSR count). The van der Waals surface area contributed by atoms with Gasteiger partial charge in [-0.1, -0.05) is 327 Å². The van der Waals surface area contributed by atoms with Crippen LogP contribution in [0.4, 0.5) is 22.0 Å². The summed E-state index contributed by atoms with van der Waals surface area (Å²) >= 11 is 0. The van der Waals surface area contributed by atoms with Gasteiger partial charge >= 0.3 is 0 Å². The minimum atomic E-state index is -0.308. The summed E-state index contributed by atoms with van der Waals surface area (Å²) in [6.45, 7) is 18.5. The van der Waals surface area contributed by atoms with Crippen molar-refractivity contribution in [2.24, 2.45) is 0 Å². The molecule has 646 valence electrons. The lowest BCUT2D eigenvalue weighted by Gasteiger charge is -2.09. The molecule has 0 unspecified atom stereocenters. The van der Waals surface area contributed by atoms with Gasteiger partial charge in [0, 0.05) is 34.4 Å².